The molecule has 3 heteroatoms. The average molecular weight is 819 g/mol. The van der Waals surface area contributed by atoms with E-state index in [-0.39, 0.29) is 0 Å². The summed E-state index contributed by atoms with van der Waals surface area (Å²) in [5, 5.41) is 8.91. The first kappa shape index (κ1) is 36.8. The maximum absolute atomic E-state index is 5.12. The quantitative estimate of drug-likeness (QED) is 0.118. The number of thiophene rings is 1. The van der Waals surface area contributed by atoms with Crippen LogP contribution >= 0.6 is 11.3 Å². The summed E-state index contributed by atoms with van der Waals surface area (Å²) in [6, 6.07) is 83.0. The molecule has 0 aliphatic heterocycles. The second kappa shape index (κ2) is 15.5. The zero-order chi connectivity index (χ0) is 41.7. The van der Waals surface area contributed by atoms with Crippen molar-refractivity contribution in [3.05, 3.63) is 231 Å². The van der Waals surface area contributed by atoms with Gasteiger partial charge in [0, 0.05) is 26.3 Å². The molecule has 0 saturated carbocycles. The van der Waals surface area contributed by atoms with Crippen LogP contribution in [-0.2, 0) is 0 Å². The Hall–Kier alpha value is -7.98. The Morgan fingerprint density at radius 2 is 0.810 bits per heavy atom. The molecule has 63 heavy (non-hydrogen) atoms. The van der Waals surface area contributed by atoms with E-state index in [2.05, 4.69) is 212 Å². The third-order valence-electron chi connectivity index (χ3n) is 12.3. The standard InChI is InChI=1S/C60H38N2S/c1-2-12-46(13-3-1)60-61-55(38-56(62-60)48-16-10-17-49(35-48)58-37-50-15-6-9-20-57(50)63-58)44-29-25-41(26-30-44)39-21-23-40(24-22-39)42-27-31-45(32-28-42)59-52-19-8-5-14-47(52)36-54-51-18-7-4-11-43(51)33-34-53(54)59/h1-38H. The second-order valence-corrected chi connectivity index (χ2v) is 17.2. The molecule has 12 rings (SSSR count). The van der Waals surface area contributed by atoms with E-state index in [4.69, 9.17) is 9.97 Å². The van der Waals surface area contributed by atoms with Crippen molar-refractivity contribution in [2.45, 2.75) is 0 Å². The molecule has 12 aromatic rings. The minimum atomic E-state index is 0.710. The Morgan fingerprint density at radius 3 is 1.51 bits per heavy atom. The van der Waals surface area contributed by atoms with Crippen molar-refractivity contribution in [2.75, 3.05) is 0 Å². The lowest BCUT2D eigenvalue weighted by Crippen LogP contribution is -1.96. The van der Waals surface area contributed by atoms with Crippen LogP contribution in [-0.4, -0.2) is 9.97 Å². The van der Waals surface area contributed by atoms with Crippen LogP contribution in [0, 0.1) is 0 Å². The van der Waals surface area contributed by atoms with Crippen molar-refractivity contribution in [3.63, 3.8) is 0 Å². The number of hydrogen-bond acceptors (Lipinski definition) is 3. The van der Waals surface area contributed by atoms with Gasteiger partial charge in [0.05, 0.1) is 11.4 Å². The van der Waals surface area contributed by atoms with Gasteiger partial charge >= 0.3 is 0 Å². The van der Waals surface area contributed by atoms with Gasteiger partial charge in [-0.3, -0.25) is 0 Å². The van der Waals surface area contributed by atoms with E-state index in [1.165, 1.54) is 80.7 Å². The molecule has 0 N–H and O–H groups in total. The fourth-order valence-electron chi connectivity index (χ4n) is 9.06. The van der Waals surface area contributed by atoms with Crippen molar-refractivity contribution in [3.8, 4) is 77.7 Å². The predicted molar refractivity (Wildman–Crippen MR) is 268 cm³/mol. The second-order valence-electron chi connectivity index (χ2n) is 16.1. The SMILES string of the molecule is c1ccc(-c2nc(-c3ccc(-c4ccc(-c5ccc(-c6c7ccccc7cc7c6ccc6ccccc67)cc5)cc4)cc3)cc(-c3cccc(-c4cc5ccccc5s4)c3)n2)cc1. The maximum Gasteiger partial charge on any atom is 0.160 e. The number of hydrogen-bond donors (Lipinski definition) is 0. The van der Waals surface area contributed by atoms with Crippen molar-refractivity contribution >= 4 is 53.7 Å². The molecule has 10 aromatic carbocycles. The van der Waals surface area contributed by atoms with Gasteiger partial charge in [0.1, 0.15) is 0 Å². The molecule has 0 unspecified atom stereocenters. The van der Waals surface area contributed by atoms with Crippen LogP contribution in [0.25, 0.3) is 120 Å². The summed E-state index contributed by atoms with van der Waals surface area (Å²) in [7, 11) is 0. The fourth-order valence-corrected chi connectivity index (χ4v) is 10.1. The monoisotopic (exact) mass is 818 g/mol. The highest BCUT2D eigenvalue weighted by Gasteiger charge is 2.15. The normalized spacial score (nSPS) is 11.5. The van der Waals surface area contributed by atoms with Gasteiger partial charge in [0.15, 0.2) is 5.82 Å². The summed E-state index contributed by atoms with van der Waals surface area (Å²) in [6.45, 7) is 0. The number of benzene rings is 10. The summed E-state index contributed by atoms with van der Waals surface area (Å²) in [4.78, 5) is 11.5. The topological polar surface area (TPSA) is 25.8 Å². The molecule has 0 aliphatic rings. The highest BCUT2D eigenvalue weighted by Crippen LogP contribution is 2.41. The van der Waals surface area contributed by atoms with Gasteiger partial charge in [0.25, 0.3) is 0 Å². The van der Waals surface area contributed by atoms with Crippen molar-refractivity contribution < 1.29 is 0 Å². The lowest BCUT2D eigenvalue weighted by atomic mass is 9.89. The van der Waals surface area contributed by atoms with E-state index in [1.54, 1.807) is 0 Å². The number of rotatable bonds is 7. The van der Waals surface area contributed by atoms with Gasteiger partial charge in [0.2, 0.25) is 0 Å². The summed E-state index contributed by atoms with van der Waals surface area (Å²) in [5.74, 6) is 0.710. The molecule has 0 atom stereocenters. The van der Waals surface area contributed by atoms with E-state index in [1.807, 2.05) is 29.5 Å². The van der Waals surface area contributed by atoms with E-state index in [0.717, 1.165) is 33.6 Å². The zero-order valence-electron chi connectivity index (χ0n) is 34.2. The van der Waals surface area contributed by atoms with E-state index in [0.29, 0.717) is 5.82 Å². The first-order chi connectivity index (χ1) is 31.2. The van der Waals surface area contributed by atoms with Crippen LogP contribution in [0.4, 0.5) is 0 Å². The molecule has 0 radical (unpaired) electrons. The number of aromatic nitrogens is 2. The third-order valence-corrected chi connectivity index (χ3v) is 13.5. The Bertz CT molecular complexity index is 3610. The summed E-state index contributed by atoms with van der Waals surface area (Å²) < 4.78 is 1.29. The minimum absolute atomic E-state index is 0.710. The predicted octanol–water partition coefficient (Wildman–Crippen LogP) is 16.8. The average Bonchev–Trinajstić information content (AvgIpc) is 3.81. The van der Waals surface area contributed by atoms with Gasteiger partial charge in [-0.25, -0.2) is 9.97 Å². The minimum Gasteiger partial charge on any atom is -0.228 e. The van der Waals surface area contributed by atoms with Crippen LogP contribution < -0.4 is 0 Å². The van der Waals surface area contributed by atoms with Crippen LogP contribution in [0.15, 0.2) is 231 Å². The molecular weight excluding hydrogens is 781 g/mol. The molecule has 0 bridgehead atoms. The Kier molecular flexibility index (Phi) is 9.06. The Balaban J connectivity index is 0.838. The third kappa shape index (κ3) is 6.86. The van der Waals surface area contributed by atoms with Gasteiger partial charge in [-0.1, -0.05) is 200 Å². The summed E-state index contributed by atoms with van der Waals surface area (Å²) in [6.07, 6.45) is 0. The first-order valence-electron chi connectivity index (χ1n) is 21.4. The zero-order valence-corrected chi connectivity index (χ0v) is 35.1. The van der Waals surface area contributed by atoms with Gasteiger partial charge in [-0.2, -0.15) is 0 Å². The molecule has 0 amide bonds. The molecule has 0 aliphatic carbocycles. The fraction of sp³-hybridized carbons (Fsp3) is 0. The highest BCUT2D eigenvalue weighted by atomic mass is 32.1. The lowest BCUT2D eigenvalue weighted by molar-refractivity contribution is 1.18. The molecule has 0 spiro atoms. The van der Waals surface area contributed by atoms with Crippen molar-refractivity contribution in [1.29, 1.82) is 0 Å². The molecule has 2 aromatic heterocycles. The number of nitrogens with zero attached hydrogens (tertiary/aromatic N) is 2. The Morgan fingerprint density at radius 1 is 0.270 bits per heavy atom. The molecule has 0 saturated heterocycles. The molecule has 2 nitrogen and oxygen atoms in total. The van der Waals surface area contributed by atoms with Gasteiger partial charge < -0.3 is 0 Å². The van der Waals surface area contributed by atoms with E-state index in [9.17, 15) is 0 Å². The molecule has 294 valence electrons. The highest BCUT2D eigenvalue weighted by molar-refractivity contribution is 7.22. The van der Waals surface area contributed by atoms with Crippen LogP contribution in [0.1, 0.15) is 0 Å². The van der Waals surface area contributed by atoms with Gasteiger partial charge in [-0.15, -0.1) is 11.3 Å². The van der Waals surface area contributed by atoms with Crippen molar-refractivity contribution in [1.82, 2.24) is 9.97 Å². The van der Waals surface area contributed by atoms with E-state index < -0.39 is 0 Å². The number of fused-ring (bicyclic) bond motifs is 5. The van der Waals surface area contributed by atoms with E-state index >= 15 is 0 Å². The van der Waals surface area contributed by atoms with Crippen LogP contribution in [0.5, 0.6) is 0 Å². The molecule has 2 heterocycles. The van der Waals surface area contributed by atoms with Crippen molar-refractivity contribution in [2.24, 2.45) is 0 Å². The van der Waals surface area contributed by atoms with Crippen LogP contribution in [0.3, 0.4) is 0 Å². The van der Waals surface area contributed by atoms with Crippen LogP contribution in [0.2, 0.25) is 0 Å². The largest absolute Gasteiger partial charge is 0.228 e. The Labute approximate surface area is 370 Å². The van der Waals surface area contributed by atoms with Gasteiger partial charge in [-0.05, 0) is 107 Å². The molecule has 0 fully saturated rings. The maximum atomic E-state index is 5.12. The summed E-state index contributed by atoms with van der Waals surface area (Å²) >= 11 is 1.82. The smallest absolute Gasteiger partial charge is 0.160 e. The molecular formula is C60H38N2S. The lowest BCUT2D eigenvalue weighted by Gasteiger charge is -2.14. The summed E-state index contributed by atoms with van der Waals surface area (Å²) in [5.41, 5.74) is 13.3. The first-order valence-corrected chi connectivity index (χ1v) is 22.2.